The van der Waals surface area contributed by atoms with Crippen molar-refractivity contribution in [3.63, 3.8) is 0 Å². The van der Waals surface area contributed by atoms with Crippen LogP contribution in [-0.4, -0.2) is 67.0 Å². The van der Waals surface area contributed by atoms with Gasteiger partial charge >= 0.3 is 12.1 Å². The largest absolute Gasteiger partial charge is 0.496 e. The predicted molar refractivity (Wildman–Crippen MR) is 125 cm³/mol. The number of ether oxygens (including phenoxy) is 3. The Bertz CT molecular complexity index is 1050. The zero-order valence-corrected chi connectivity index (χ0v) is 19.2. The van der Waals surface area contributed by atoms with Gasteiger partial charge in [-0.15, -0.1) is 0 Å². The fourth-order valence-corrected chi connectivity index (χ4v) is 3.80. The first kappa shape index (κ1) is 24.8. The van der Waals surface area contributed by atoms with Crippen LogP contribution in [0.4, 0.5) is 10.5 Å². The summed E-state index contributed by atoms with van der Waals surface area (Å²) in [5.41, 5.74) is 1.50. The smallest absolute Gasteiger partial charge is 0.411 e. The summed E-state index contributed by atoms with van der Waals surface area (Å²) in [6.45, 7) is 5.07. The van der Waals surface area contributed by atoms with Crippen LogP contribution in [0.3, 0.4) is 0 Å². The highest BCUT2D eigenvalue weighted by molar-refractivity contribution is 6.03. The fraction of sp³-hybridized carbons (Fsp3) is 0.320. The van der Waals surface area contributed by atoms with Crippen molar-refractivity contribution in [2.75, 3.05) is 32.2 Å². The normalized spacial score (nSPS) is 17.1. The highest BCUT2D eigenvalue weighted by Crippen LogP contribution is 2.31. The lowest BCUT2D eigenvalue weighted by Gasteiger charge is -2.24. The molecule has 9 heteroatoms. The maximum Gasteiger partial charge on any atom is 0.411 e. The van der Waals surface area contributed by atoms with E-state index in [0.29, 0.717) is 16.9 Å². The molecule has 0 saturated carbocycles. The van der Waals surface area contributed by atoms with Crippen molar-refractivity contribution < 1.29 is 33.7 Å². The van der Waals surface area contributed by atoms with Crippen molar-refractivity contribution in [1.29, 1.82) is 0 Å². The van der Waals surface area contributed by atoms with Gasteiger partial charge in [-0.2, -0.15) is 0 Å². The number of carbonyl (C=O) groups is 3. The van der Waals surface area contributed by atoms with E-state index in [9.17, 15) is 19.5 Å². The van der Waals surface area contributed by atoms with Gasteiger partial charge in [-0.25, -0.2) is 9.59 Å². The topological polar surface area (TPSA) is 114 Å². The van der Waals surface area contributed by atoms with Crippen molar-refractivity contribution in [2.45, 2.75) is 25.5 Å². The Morgan fingerprint density at radius 1 is 1.24 bits per heavy atom. The minimum atomic E-state index is -0.742. The minimum absolute atomic E-state index is 0.0113. The molecule has 2 aromatic carbocycles. The van der Waals surface area contributed by atoms with Gasteiger partial charge in [-0.05, 0) is 36.8 Å². The standard InChI is InChI=1S/C25H28N2O7/c1-4-10-33-25(31)26-21-11-16(2)22(32-3)13-20(21)23(29)27-14-19(12-18(27)15-28)34-24(30)17-8-6-5-7-9-17/h4-9,11,13,18-19,28H,1,10,12,14-15H2,2-3H3,(H,26,31)/t18-,19-/m0/s1. The van der Waals surface area contributed by atoms with Gasteiger partial charge in [-0.3, -0.25) is 10.1 Å². The van der Waals surface area contributed by atoms with Crippen LogP contribution in [-0.2, 0) is 9.47 Å². The first-order chi connectivity index (χ1) is 16.4. The molecular formula is C25H28N2O7. The van der Waals surface area contributed by atoms with Crippen LogP contribution >= 0.6 is 0 Å². The quantitative estimate of drug-likeness (QED) is 0.452. The molecule has 0 aliphatic carbocycles. The summed E-state index contributed by atoms with van der Waals surface area (Å²) in [5.74, 6) is -0.490. The summed E-state index contributed by atoms with van der Waals surface area (Å²) in [6, 6.07) is 11.1. The fourth-order valence-electron chi connectivity index (χ4n) is 3.80. The number of aryl methyl sites for hydroxylation is 1. The lowest BCUT2D eigenvalue weighted by Crippen LogP contribution is -2.38. The van der Waals surface area contributed by atoms with Crippen LogP contribution in [0.5, 0.6) is 5.75 Å². The summed E-state index contributed by atoms with van der Waals surface area (Å²) < 4.78 is 15.9. The molecule has 1 heterocycles. The Morgan fingerprint density at radius 3 is 2.62 bits per heavy atom. The molecule has 2 amide bonds. The number of nitrogens with one attached hydrogen (secondary N) is 1. The van der Waals surface area contributed by atoms with Gasteiger partial charge in [0.1, 0.15) is 18.5 Å². The summed E-state index contributed by atoms with van der Waals surface area (Å²) in [4.78, 5) is 39.5. The number of aliphatic hydroxyl groups is 1. The lowest BCUT2D eigenvalue weighted by atomic mass is 10.1. The number of nitrogens with zero attached hydrogens (tertiary/aromatic N) is 1. The maximum absolute atomic E-state index is 13.5. The van der Waals surface area contributed by atoms with Crippen LogP contribution < -0.4 is 10.1 Å². The van der Waals surface area contributed by atoms with E-state index in [1.807, 2.05) is 0 Å². The van der Waals surface area contributed by atoms with E-state index in [0.717, 1.165) is 0 Å². The number of hydrogen-bond acceptors (Lipinski definition) is 7. The number of aliphatic hydroxyl groups excluding tert-OH is 1. The van der Waals surface area contributed by atoms with Gasteiger partial charge in [0.15, 0.2) is 0 Å². The van der Waals surface area contributed by atoms with Crippen molar-refractivity contribution >= 4 is 23.7 Å². The van der Waals surface area contributed by atoms with E-state index in [1.165, 1.54) is 24.2 Å². The molecule has 1 aliphatic rings. The van der Waals surface area contributed by atoms with Crippen molar-refractivity contribution in [3.05, 3.63) is 71.8 Å². The minimum Gasteiger partial charge on any atom is -0.496 e. The van der Waals surface area contributed by atoms with Gasteiger partial charge in [0, 0.05) is 6.42 Å². The van der Waals surface area contributed by atoms with Crippen LogP contribution in [0.2, 0.25) is 0 Å². The molecule has 34 heavy (non-hydrogen) atoms. The van der Waals surface area contributed by atoms with Gasteiger partial charge < -0.3 is 24.2 Å². The Kier molecular flexibility index (Phi) is 8.26. The number of rotatable bonds is 8. The average molecular weight is 469 g/mol. The molecule has 1 fully saturated rings. The van der Waals surface area contributed by atoms with E-state index in [2.05, 4.69) is 11.9 Å². The van der Waals surface area contributed by atoms with E-state index in [4.69, 9.17) is 14.2 Å². The van der Waals surface area contributed by atoms with Gasteiger partial charge in [-0.1, -0.05) is 30.9 Å². The maximum atomic E-state index is 13.5. The third-order valence-corrected chi connectivity index (χ3v) is 5.47. The Labute approximate surface area is 197 Å². The number of esters is 1. The molecule has 180 valence electrons. The van der Waals surface area contributed by atoms with Gasteiger partial charge in [0.2, 0.25) is 0 Å². The molecule has 2 atom stereocenters. The van der Waals surface area contributed by atoms with Gasteiger partial charge in [0.05, 0.1) is 43.1 Å². The average Bonchev–Trinajstić information content (AvgIpc) is 3.25. The molecule has 2 aromatic rings. The highest BCUT2D eigenvalue weighted by Gasteiger charge is 2.38. The third kappa shape index (κ3) is 5.74. The highest BCUT2D eigenvalue weighted by atomic mass is 16.6. The van der Waals surface area contributed by atoms with E-state index in [-0.39, 0.29) is 37.4 Å². The Morgan fingerprint density at radius 2 is 1.97 bits per heavy atom. The second-order valence-electron chi connectivity index (χ2n) is 7.80. The summed E-state index contributed by atoms with van der Waals surface area (Å²) >= 11 is 0. The molecular weight excluding hydrogens is 440 g/mol. The molecule has 9 nitrogen and oxygen atoms in total. The van der Waals surface area contributed by atoms with Gasteiger partial charge in [0.25, 0.3) is 5.91 Å². The monoisotopic (exact) mass is 468 g/mol. The molecule has 0 spiro atoms. The molecule has 0 unspecified atom stereocenters. The van der Waals surface area contributed by atoms with E-state index in [1.54, 1.807) is 43.3 Å². The first-order valence-electron chi connectivity index (χ1n) is 10.8. The number of benzene rings is 2. The summed E-state index contributed by atoms with van der Waals surface area (Å²) in [6.07, 6.45) is 0.384. The van der Waals surface area contributed by atoms with Crippen LogP contribution in [0.15, 0.2) is 55.1 Å². The molecule has 1 aliphatic heterocycles. The molecule has 1 saturated heterocycles. The number of carbonyl (C=O) groups excluding carboxylic acids is 3. The molecule has 3 rings (SSSR count). The molecule has 0 aromatic heterocycles. The third-order valence-electron chi connectivity index (χ3n) is 5.47. The number of hydrogen-bond donors (Lipinski definition) is 2. The zero-order chi connectivity index (χ0) is 24.7. The summed E-state index contributed by atoms with van der Waals surface area (Å²) in [5, 5.41) is 12.5. The van der Waals surface area contributed by atoms with E-state index >= 15 is 0 Å². The first-order valence-corrected chi connectivity index (χ1v) is 10.8. The van der Waals surface area contributed by atoms with E-state index < -0.39 is 30.1 Å². The van der Waals surface area contributed by atoms with Crippen LogP contribution in [0.1, 0.15) is 32.7 Å². The SMILES string of the molecule is C=CCOC(=O)Nc1cc(C)c(OC)cc1C(=O)N1C[C@@H](OC(=O)c2ccccc2)C[C@H]1CO. The van der Waals surface area contributed by atoms with Crippen molar-refractivity contribution in [3.8, 4) is 5.75 Å². The number of anilines is 1. The van der Waals surface area contributed by atoms with Crippen molar-refractivity contribution in [2.24, 2.45) is 0 Å². The number of methoxy groups -OCH3 is 1. The van der Waals surface area contributed by atoms with Crippen LogP contribution in [0.25, 0.3) is 0 Å². The molecule has 0 bridgehead atoms. The number of amides is 2. The number of likely N-dealkylation sites (tertiary alicyclic amines) is 1. The Balaban J connectivity index is 1.83. The Hall–Kier alpha value is -3.85. The van der Waals surface area contributed by atoms with Crippen LogP contribution in [0, 0.1) is 6.92 Å². The predicted octanol–water partition coefficient (Wildman–Crippen LogP) is 3.17. The molecule has 2 N–H and O–H groups in total. The molecule has 0 radical (unpaired) electrons. The second kappa shape index (κ2) is 11.3. The lowest BCUT2D eigenvalue weighted by molar-refractivity contribution is 0.0315. The second-order valence-corrected chi connectivity index (χ2v) is 7.80. The zero-order valence-electron chi connectivity index (χ0n) is 19.2. The summed E-state index contributed by atoms with van der Waals surface area (Å²) in [7, 11) is 1.48. The van der Waals surface area contributed by atoms with Crippen molar-refractivity contribution in [1.82, 2.24) is 4.90 Å².